The summed E-state index contributed by atoms with van der Waals surface area (Å²) >= 11 is 0. The van der Waals surface area contributed by atoms with E-state index in [1.165, 1.54) is 47.9 Å². The van der Waals surface area contributed by atoms with Crippen LogP contribution < -0.4 is 9.47 Å². The number of aliphatic hydroxyl groups is 1. The lowest BCUT2D eigenvalue weighted by molar-refractivity contribution is -0.286. The number of halogens is 5. The summed E-state index contributed by atoms with van der Waals surface area (Å²) in [5.41, 5.74) is 0.575. The number of fused-ring (bicyclic) bond motifs is 1. The van der Waals surface area contributed by atoms with E-state index < -0.39 is 28.0 Å². The Morgan fingerprint density at radius 1 is 0.933 bits per heavy atom. The van der Waals surface area contributed by atoms with Gasteiger partial charge in [-0.2, -0.15) is 13.2 Å². The molecule has 0 spiro atoms. The summed E-state index contributed by atoms with van der Waals surface area (Å²) in [4.78, 5) is 8.18. The molecule has 0 aliphatic carbocycles. The summed E-state index contributed by atoms with van der Waals surface area (Å²) in [7, 11) is -3.57. The van der Waals surface area contributed by atoms with Crippen molar-refractivity contribution in [2.24, 2.45) is 0 Å². The van der Waals surface area contributed by atoms with Gasteiger partial charge in [-0.05, 0) is 60.5 Å². The van der Waals surface area contributed by atoms with Crippen LogP contribution in [0.2, 0.25) is 0 Å². The second kappa shape index (κ2) is 10.7. The van der Waals surface area contributed by atoms with Crippen molar-refractivity contribution in [2.75, 3.05) is 12.9 Å². The summed E-state index contributed by atoms with van der Waals surface area (Å²) in [5.74, 6) is -0.410. The first-order valence-corrected chi connectivity index (χ1v) is 15.1. The number of sulfone groups is 1. The highest BCUT2D eigenvalue weighted by molar-refractivity contribution is 7.90. The molecule has 15 heteroatoms. The second-order valence-corrected chi connectivity index (χ2v) is 12.2. The topological polar surface area (TPSA) is 117 Å². The second-order valence-electron chi connectivity index (χ2n) is 10.2. The number of hydrogen-bond donors (Lipinski definition) is 1. The molecule has 0 atom stereocenters. The van der Waals surface area contributed by atoms with Gasteiger partial charge in [-0.1, -0.05) is 18.2 Å². The van der Waals surface area contributed by atoms with E-state index in [-0.39, 0.29) is 69.4 Å². The Morgan fingerprint density at radius 3 is 2.33 bits per heavy atom. The molecular weight excluding hydrogens is 625 g/mol. The molecule has 1 aliphatic heterocycles. The van der Waals surface area contributed by atoms with Crippen molar-refractivity contribution in [1.82, 2.24) is 14.5 Å². The average molecular weight is 648 g/mol. The molecule has 3 heterocycles. The first-order chi connectivity index (χ1) is 21.1. The van der Waals surface area contributed by atoms with E-state index in [4.69, 9.17) is 4.42 Å². The minimum absolute atomic E-state index is 0.00245. The van der Waals surface area contributed by atoms with Crippen LogP contribution in [-0.2, 0) is 22.4 Å². The molecule has 0 fully saturated rings. The summed E-state index contributed by atoms with van der Waals surface area (Å²) in [6, 6.07) is 14.7. The van der Waals surface area contributed by atoms with Crippen molar-refractivity contribution < 1.29 is 49.4 Å². The quantitative estimate of drug-likeness (QED) is 0.201. The predicted molar refractivity (Wildman–Crippen MR) is 150 cm³/mol. The normalized spacial score (nSPS) is 14.2. The van der Waals surface area contributed by atoms with E-state index >= 15 is 0 Å². The molecule has 5 aromatic rings. The molecule has 45 heavy (non-hydrogen) atoms. The third-order valence-corrected chi connectivity index (χ3v) is 8.05. The van der Waals surface area contributed by atoms with Crippen LogP contribution in [-0.4, -0.2) is 47.2 Å². The third kappa shape index (κ3) is 5.88. The standard InChI is InChI=1S/C30H22F5N3O6S/c1-16-36-25(29(31,32)33)15-38(16)22-8-6-18(17-4-3-5-20(12-17)45(2,40)41)13-21(22)28-27(37-26(42-28)10-11-39)19-7-9-23-24(14-19)44-30(34,35)43-23/h3-9,12-15,39H,10-11H2,1-2H3. The van der Waals surface area contributed by atoms with Crippen LogP contribution in [0.15, 0.2) is 76.2 Å². The monoisotopic (exact) mass is 647 g/mol. The third-order valence-electron chi connectivity index (χ3n) is 6.94. The molecule has 0 bridgehead atoms. The van der Waals surface area contributed by atoms with Crippen LogP contribution >= 0.6 is 0 Å². The van der Waals surface area contributed by atoms with Gasteiger partial charge in [-0.25, -0.2) is 18.4 Å². The highest BCUT2D eigenvalue weighted by Crippen LogP contribution is 2.45. The maximum Gasteiger partial charge on any atom is 0.586 e. The van der Waals surface area contributed by atoms with Crippen molar-refractivity contribution >= 4 is 9.84 Å². The van der Waals surface area contributed by atoms with Crippen molar-refractivity contribution in [3.63, 3.8) is 0 Å². The zero-order valence-electron chi connectivity index (χ0n) is 23.4. The number of aliphatic hydroxyl groups excluding tert-OH is 1. The Bertz CT molecular complexity index is 2050. The summed E-state index contributed by atoms with van der Waals surface area (Å²) < 4.78 is 109. The van der Waals surface area contributed by atoms with E-state index in [1.54, 1.807) is 24.3 Å². The van der Waals surface area contributed by atoms with Crippen molar-refractivity contribution in [2.45, 2.75) is 30.7 Å². The molecule has 3 aromatic carbocycles. The van der Waals surface area contributed by atoms with Gasteiger partial charge in [0.1, 0.15) is 11.5 Å². The molecule has 0 amide bonds. The van der Waals surface area contributed by atoms with Crippen LogP contribution in [0, 0.1) is 6.92 Å². The van der Waals surface area contributed by atoms with Crippen LogP contribution in [0.5, 0.6) is 11.5 Å². The van der Waals surface area contributed by atoms with Crippen molar-refractivity contribution in [3.8, 4) is 50.9 Å². The highest BCUT2D eigenvalue weighted by Gasteiger charge is 2.43. The Balaban J connectivity index is 1.60. The Kier molecular flexibility index (Phi) is 7.20. The minimum Gasteiger partial charge on any atom is -0.440 e. The van der Waals surface area contributed by atoms with E-state index in [0.29, 0.717) is 11.1 Å². The van der Waals surface area contributed by atoms with Gasteiger partial charge in [0.25, 0.3) is 0 Å². The number of aromatic nitrogens is 3. The Hall–Kier alpha value is -4.76. The largest absolute Gasteiger partial charge is 0.586 e. The van der Waals surface area contributed by atoms with E-state index in [2.05, 4.69) is 19.4 Å². The molecule has 234 valence electrons. The lowest BCUT2D eigenvalue weighted by Gasteiger charge is -2.14. The number of nitrogens with zero attached hydrogens (tertiary/aromatic N) is 3. The molecule has 1 aliphatic rings. The molecule has 0 saturated heterocycles. The average Bonchev–Trinajstić information content (AvgIpc) is 3.65. The zero-order valence-corrected chi connectivity index (χ0v) is 24.2. The van der Waals surface area contributed by atoms with Gasteiger partial charge in [0, 0.05) is 30.0 Å². The van der Waals surface area contributed by atoms with Gasteiger partial charge in [0.05, 0.1) is 17.2 Å². The lowest BCUT2D eigenvalue weighted by atomic mass is 9.98. The predicted octanol–water partition coefficient (Wildman–Crippen LogP) is 6.45. The molecular formula is C30H22F5N3O6S. The number of hydrogen-bond acceptors (Lipinski definition) is 8. The fraction of sp³-hybridized carbons (Fsp3) is 0.200. The molecule has 0 radical (unpaired) electrons. The van der Waals surface area contributed by atoms with Crippen LogP contribution in [0.3, 0.4) is 0 Å². The number of oxazole rings is 1. The SMILES string of the molecule is Cc1nc(C(F)(F)F)cn1-c1ccc(-c2cccc(S(C)(=O)=O)c2)cc1-c1oc(CCO)nc1-c1ccc2c(c1)OC(F)(F)O2. The van der Waals surface area contributed by atoms with Gasteiger partial charge in [-0.3, -0.25) is 0 Å². The van der Waals surface area contributed by atoms with Gasteiger partial charge in [0.2, 0.25) is 0 Å². The number of rotatable bonds is 7. The summed E-state index contributed by atoms with van der Waals surface area (Å²) in [5, 5.41) is 9.59. The van der Waals surface area contributed by atoms with E-state index in [9.17, 15) is 35.5 Å². The number of ether oxygens (including phenoxy) is 2. The van der Waals surface area contributed by atoms with Crippen molar-refractivity contribution in [3.05, 3.63) is 84.3 Å². The molecule has 1 N–H and O–H groups in total. The Morgan fingerprint density at radius 2 is 1.64 bits per heavy atom. The van der Waals surface area contributed by atoms with Crippen LogP contribution in [0.1, 0.15) is 17.4 Å². The van der Waals surface area contributed by atoms with Gasteiger partial charge in [0.15, 0.2) is 38.7 Å². The molecule has 9 nitrogen and oxygen atoms in total. The highest BCUT2D eigenvalue weighted by atomic mass is 32.2. The maximum atomic E-state index is 13.8. The number of benzene rings is 3. The smallest absolute Gasteiger partial charge is 0.440 e. The lowest BCUT2D eigenvalue weighted by Crippen LogP contribution is -2.25. The van der Waals surface area contributed by atoms with E-state index in [1.807, 2.05) is 0 Å². The summed E-state index contributed by atoms with van der Waals surface area (Å²) in [6.45, 7) is 1.03. The number of aryl methyl sites for hydroxylation is 1. The van der Waals surface area contributed by atoms with Crippen LogP contribution in [0.25, 0.3) is 39.4 Å². The first kappa shape index (κ1) is 30.3. The van der Waals surface area contributed by atoms with Gasteiger partial charge in [-0.15, -0.1) is 8.78 Å². The summed E-state index contributed by atoms with van der Waals surface area (Å²) in [6.07, 6.45) is -6.77. The molecule has 0 unspecified atom stereocenters. The van der Waals surface area contributed by atoms with E-state index in [0.717, 1.165) is 12.5 Å². The zero-order chi connectivity index (χ0) is 32.3. The fourth-order valence-electron chi connectivity index (χ4n) is 4.91. The molecule has 6 rings (SSSR count). The Labute approximate surface area is 252 Å². The fourth-order valence-corrected chi connectivity index (χ4v) is 5.58. The number of imidazole rings is 1. The number of alkyl halides is 5. The van der Waals surface area contributed by atoms with Gasteiger partial charge >= 0.3 is 12.5 Å². The molecule has 0 saturated carbocycles. The first-order valence-electron chi connectivity index (χ1n) is 13.2. The van der Waals surface area contributed by atoms with Crippen molar-refractivity contribution in [1.29, 1.82) is 0 Å². The van der Waals surface area contributed by atoms with Gasteiger partial charge < -0.3 is 23.6 Å². The minimum atomic E-state index is -4.73. The molecule has 2 aromatic heterocycles. The van der Waals surface area contributed by atoms with Crippen LogP contribution in [0.4, 0.5) is 22.0 Å². The maximum absolute atomic E-state index is 13.8.